The third-order valence-electron chi connectivity index (χ3n) is 1.59. The minimum atomic E-state index is -3.01. The second kappa shape index (κ2) is 4.17. The first-order valence-electron chi connectivity index (χ1n) is 4.15. The molecule has 0 atom stereocenters. The van der Waals surface area contributed by atoms with Crippen LogP contribution < -0.4 is 5.32 Å². The molecule has 0 bridgehead atoms. The lowest BCUT2D eigenvalue weighted by Gasteiger charge is -2.04. The van der Waals surface area contributed by atoms with Crippen LogP contribution in [0.25, 0.3) is 0 Å². The molecule has 1 aromatic heterocycles. The molecule has 1 amide bonds. The Morgan fingerprint density at radius 3 is 2.64 bits per heavy atom. The van der Waals surface area contributed by atoms with Gasteiger partial charge in [-0.3, -0.25) is 9.48 Å². The van der Waals surface area contributed by atoms with Crippen molar-refractivity contribution in [3.05, 3.63) is 12.3 Å². The molecule has 0 aromatic carbocycles. The van der Waals surface area contributed by atoms with Gasteiger partial charge in [-0.2, -0.15) is 13.9 Å². The largest absolute Gasteiger partial charge is 0.315 e. The molecule has 1 heterocycles. The SMILES string of the molecule is CC(C)n1ccc(NC(=O)C(F)F)n1. The van der Waals surface area contributed by atoms with Crippen molar-refractivity contribution in [1.29, 1.82) is 0 Å². The smallest absolute Gasteiger partial charge is 0.304 e. The molecule has 1 rings (SSSR count). The summed E-state index contributed by atoms with van der Waals surface area (Å²) in [7, 11) is 0. The van der Waals surface area contributed by atoms with Crippen molar-refractivity contribution in [2.45, 2.75) is 26.3 Å². The van der Waals surface area contributed by atoms with Gasteiger partial charge in [0, 0.05) is 18.3 Å². The monoisotopic (exact) mass is 203 g/mol. The third-order valence-corrected chi connectivity index (χ3v) is 1.59. The second-order valence-corrected chi connectivity index (χ2v) is 3.06. The normalized spacial score (nSPS) is 11.0. The maximum absolute atomic E-state index is 11.8. The Bertz CT molecular complexity index is 322. The van der Waals surface area contributed by atoms with Gasteiger partial charge in [0.25, 0.3) is 5.91 Å². The van der Waals surface area contributed by atoms with E-state index in [2.05, 4.69) is 5.10 Å². The zero-order chi connectivity index (χ0) is 10.7. The van der Waals surface area contributed by atoms with Gasteiger partial charge < -0.3 is 5.32 Å². The summed E-state index contributed by atoms with van der Waals surface area (Å²) in [4.78, 5) is 10.6. The van der Waals surface area contributed by atoms with Gasteiger partial charge >= 0.3 is 6.43 Å². The first kappa shape index (κ1) is 10.6. The van der Waals surface area contributed by atoms with Gasteiger partial charge in [0.05, 0.1) is 0 Å². The van der Waals surface area contributed by atoms with Crippen LogP contribution in [0.2, 0.25) is 0 Å². The Morgan fingerprint density at radius 1 is 1.57 bits per heavy atom. The molecule has 0 aliphatic carbocycles. The van der Waals surface area contributed by atoms with Crippen LogP contribution in [0.3, 0.4) is 0 Å². The van der Waals surface area contributed by atoms with E-state index >= 15 is 0 Å². The van der Waals surface area contributed by atoms with E-state index in [0.717, 1.165) is 0 Å². The predicted molar refractivity (Wildman–Crippen MR) is 47.2 cm³/mol. The Kier molecular flexibility index (Phi) is 3.16. The van der Waals surface area contributed by atoms with Crippen molar-refractivity contribution in [1.82, 2.24) is 9.78 Å². The van der Waals surface area contributed by atoms with Crippen LogP contribution in [-0.2, 0) is 4.79 Å². The number of carbonyl (C=O) groups excluding carboxylic acids is 1. The standard InChI is InChI=1S/C8H11F2N3O/c1-5(2)13-4-3-6(12-13)11-8(14)7(9)10/h3-5,7H,1-2H3,(H,11,12,14). The highest BCUT2D eigenvalue weighted by molar-refractivity contribution is 5.92. The number of hydrogen-bond donors (Lipinski definition) is 1. The minimum absolute atomic E-state index is 0.132. The number of amides is 1. The van der Waals surface area contributed by atoms with E-state index < -0.39 is 12.3 Å². The second-order valence-electron chi connectivity index (χ2n) is 3.06. The minimum Gasteiger partial charge on any atom is -0.304 e. The van der Waals surface area contributed by atoms with E-state index in [-0.39, 0.29) is 11.9 Å². The molecule has 0 aliphatic rings. The van der Waals surface area contributed by atoms with Crippen LogP contribution in [0, 0.1) is 0 Å². The molecule has 4 nitrogen and oxygen atoms in total. The number of nitrogens with zero attached hydrogens (tertiary/aromatic N) is 2. The molecular formula is C8H11F2N3O. The Morgan fingerprint density at radius 2 is 2.21 bits per heavy atom. The molecule has 1 aromatic rings. The molecule has 0 saturated heterocycles. The number of alkyl halides is 2. The summed E-state index contributed by atoms with van der Waals surface area (Å²) in [5.41, 5.74) is 0. The van der Waals surface area contributed by atoms with Gasteiger partial charge in [0.15, 0.2) is 5.82 Å². The van der Waals surface area contributed by atoms with E-state index in [1.54, 1.807) is 10.9 Å². The lowest BCUT2D eigenvalue weighted by molar-refractivity contribution is -0.126. The number of aromatic nitrogens is 2. The highest BCUT2D eigenvalue weighted by Crippen LogP contribution is 2.08. The Balaban J connectivity index is 2.64. The third kappa shape index (κ3) is 2.51. The zero-order valence-corrected chi connectivity index (χ0v) is 7.87. The number of carbonyl (C=O) groups is 1. The van der Waals surface area contributed by atoms with Gasteiger partial charge in [0.2, 0.25) is 0 Å². The Hall–Kier alpha value is -1.46. The molecule has 0 radical (unpaired) electrons. The maximum Gasteiger partial charge on any atom is 0.315 e. The summed E-state index contributed by atoms with van der Waals surface area (Å²) >= 11 is 0. The average Bonchev–Trinajstić information content (AvgIpc) is 2.52. The molecule has 0 unspecified atom stereocenters. The van der Waals surface area contributed by atoms with Crippen molar-refractivity contribution in [3.8, 4) is 0 Å². The molecule has 0 spiro atoms. The van der Waals surface area contributed by atoms with E-state index in [4.69, 9.17) is 0 Å². The average molecular weight is 203 g/mol. The van der Waals surface area contributed by atoms with Crippen molar-refractivity contribution in [2.24, 2.45) is 0 Å². The van der Waals surface area contributed by atoms with Crippen molar-refractivity contribution in [3.63, 3.8) is 0 Å². The predicted octanol–water partition coefficient (Wildman–Crippen LogP) is 1.67. The summed E-state index contributed by atoms with van der Waals surface area (Å²) in [6, 6.07) is 1.60. The zero-order valence-electron chi connectivity index (χ0n) is 7.87. The first-order chi connectivity index (χ1) is 6.50. The molecule has 6 heteroatoms. The number of anilines is 1. The topological polar surface area (TPSA) is 46.9 Å². The number of hydrogen-bond acceptors (Lipinski definition) is 2. The Labute approximate surface area is 79.9 Å². The van der Waals surface area contributed by atoms with E-state index in [9.17, 15) is 13.6 Å². The van der Waals surface area contributed by atoms with Crippen molar-refractivity contribution >= 4 is 11.7 Å². The number of rotatable bonds is 3. The van der Waals surface area contributed by atoms with Crippen molar-refractivity contribution in [2.75, 3.05) is 5.32 Å². The fourth-order valence-corrected chi connectivity index (χ4v) is 0.873. The summed E-state index contributed by atoms with van der Waals surface area (Å²) in [5, 5.41) is 5.88. The van der Waals surface area contributed by atoms with Gasteiger partial charge in [-0.05, 0) is 13.8 Å². The number of halogens is 2. The molecule has 0 fully saturated rings. The van der Waals surface area contributed by atoms with E-state index in [1.807, 2.05) is 19.2 Å². The molecule has 78 valence electrons. The highest BCUT2D eigenvalue weighted by Gasteiger charge is 2.16. The maximum atomic E-state index is 11.8. The summed E-state index contributed by atoms with van der Waals surface area (Å²) in [5.74, 6) is -1.19. The summed E-state index contributed by atoms with van der Waals surface area (Å²) < 4.78 is 25.2. The van der Waals surface area contributed by atoms with Gasteiger partial charge in [-0.25, -0.2) is 0 Å². The van der Waals surface area contributed by atoms with Crippen LogP contribution in [0.15, 0.2) is 12.3 Å². The van der Waals surface area contributed by atoms with E-state index in [1.165, 1.54) is 6.07 Å². The van der Waals surface area contributed by atoms with Crippen LogP contribution in [0.5, 0.6) is 0 Å². The summed E-state index contributed by atoms with van der Waals surface area (Å²) in [6.45, 7) is 3.79. The van der Waals surface area contributed by atoms with Crippen LogP contribution in [0.4, 0.5) is 14.6 Å². The van der Waals surface area contributed by atoms with Crippen LogP contribution in [0.1, 0.15) is 19.9 Å². The highest BCUT2D eigenvalue weighted by atomic mass is 19.3. The fourth-order valence-electron chi connectivity index (χ4n) is 0.873. The molecule has 14 heavy (non-hydrogen) atoms. The van der Waals surface area contributed by atoms with Gasteiger partial charge in [-0.15, -0.1) is 0 Å². The molecule has 1 N–H and O–H groups in total. The number of nitrogens with one attached hydrogen (secondary N) is 1. The fraction of sp³-hybridized carbons (Fsp3) is 0.500. The quantitative estimate of drug-likeness (QED) is 0.812. The lowest BCUT2D eigenvalue weighted by atomic mass is 10.4. The molecular weight excluding hydrogens is 192 g/mol. The van der Waals surface area contributed by atoms with Gasteiger partial charge in [-0.1, -0.05) is 0 Å². The van der Waals surface area contributed by atoms with E-state index in [0.29, 0.717) is 0 Å². The lowest BCUT2D eigenvalue weighted by Crippen LogP contribution is -2.20. The summed E-state index contributed by atoms with van der Waals surface area (Å²) in [6.07, 6.45) is -1.40. The molecule has 0 aliphatic heterocycles. The van der Waals surface area contributed by atoms with Gasteiger partial charge in [0.1, 0.15) is 0 Å². The molecule has 0 saturated carbocycles. The van der Waals surface area contributed by atoms with Crippen molar-refractivity contribution < 1.29 is 13.6 Å². The van der Waals surface area contributed by atoms with Crippen LogP contribution >= 0.6 is 0 Å². The van der Waals surface area contributed by atoms with Crippen LogP contribution in [-0.4, -0.2) is 22.1 Å². The first-order valence-corrected chi connectivity index (χ1v) is 4.15.